The summed E-state index contributed by atoms with van der Waals surface area (Å²) < 4.78 is 6.16. The van der Waals surface area contributed by atoms with Crippen LogP contribution in [0, 0.1) is 0 Å². The molecule has 0 unspecified atom stereocenters. The maximum Gasteiger partial charge on any atom is 0.187 e. The highest BCUT2D eigenvalue weighted by Crippen LogP contribution is 2.22. The fraction of sp³-hybridized carbons (Fsp3) is 0.0625. The number of benzene rings is 2. The second-order valence-electron chi connectivity index (χ2n) is 4.05. The third-order valence-corrected chi connectivity index (χ3v) is 3.24. The number of carbonyl (C=O) groups excluding carboxylic acids is 1. The number of para-hydroxylation sites is 2. The zero-order valence-corrected chi connectivity index (χ0v) is 12.6. The van der Waals surface area contributed by atoms with E-state index in [0.29, 0.717) is 5.56 Å². The van der Waals surface area contributed by atoms with E-state index in [9.17, 15) is 4.79 Å². The molecule has 0 heterocycles. The number of nitrogens with one attached hydrogen (secondary N) is 1. The summed E-state index contributed by atoms with van der Waals surface area (Å²) >= 11 is 3.34. The molecular weight excluding hydrogens is 318 g/mol. The van der Waals surface area contributed by atoms with Crippen molar-refractivity contribution in [2.45, 2.75) is 0 Å². The molecule has 3 nitrogen and oxygen atoms in total. The van der Waals surface area contributed by atoms with Crippen LogP contribution in [0.15, 0.2) is 65.3 Å². The lowest BCUT2D eigenvalue weighted by molar-refractivity contribution is 0.104. The van der Waals surface area contributed by atoms with Crippen LogP contribution in [0.3, 0.4) is 0 Å². The number of carbonyl (C=O) groups is 1. The number of rotatable bonds is 5. The Balaban J connectivity index is 2.03. The van der Waals surface area contributed by atoms with Crippen LogP contribution < -0.4 is 10.1 Å². The molecule has 1 N–H and O–H groups in total. The van der Waals surface area contributed by atoms with E-state index in [-0.39, 0.29) is 5.78 Å². The molecule has 0 atom stereocenters. The Labute approximate surface area is 126 Å². The Hall–Kier alpha value is -2.07. The van der Waals surface area contributed by atoms with Crippen molar-refractivity contribution in [3.05, 3.63) is 70.8 Å². The number of anilines is 1. The molecule has 0 fully saturated rings. The number of ether oxygens (including phenoxy) is 1. The van der Waals surface area contributed by atoms with Crippen LogP contribution in [0.2, 0.25) is 0 Å². The molecule has 0 saturated heterocycles. The van der Waals surface area contributed by atoms with Gasteiger partial charge in [-0.3, -0.25) is 4.79 Å². The van der Waals surface area contributed by atoms with Gasteiger partial charge in [0.05, 0.1) is 12.8 Å². The van der Waals surface area contributed by atoms with Crippen molar-refractivity contribution < 1.29 is 9.53 Å². The third-order valence-electron chi connectivity index (χ3n) is 2.71. The topological polar surface area (TPSA) is 38.3 Å². The van der Waals surface area contributed by atoms with E-state index in [1.807, 2.05) is 36.4 Å². The van der Waals surface area contributed by atoms with Crippen molar-refractivity contribution in [2.24, 2.45) is 0 Å². The monoisotopic (exact) mass is 331 g/mol. The summed E-state index contributed by atoms with van der Waals surface area (Å²) in [4.78, 5) is 11.9. The summed E-state index contributed by atoms with van der Waals surface area (Å²) in [6.07, 6.45) is 3.11. The van der Waals surface area contributed by atoms with Crippen LogP contribution in [0.4, 0.5) is 5.69 Å². The Kier molecular flexibility index (Phi) is 4.96. The Morgan fingerprint density at radius 3 is 2.55 bits per heavy atom. The second kappa shape index (κ2) is 6.91. The van der Waals surface area contributed by atoms with Crippen LogP contribution >= 0.6 is 15.9 Å². The lowest BCUT2D eigenvalue weighted by atomic mass is 10.1. The molecule has 0 radical (unpaired) electrons. The summed E-state index contributed by atoms with van der Waals surface area (Å²) in [6, 6.07) is 14.8. The van der Waals surface area contributed by atoms with Gasteiger partial charge in [0, 0.05) is 22.3 Å². The summed E-state index contributed by atoms with van der Waals surface area (Å²) in [5.41, 5.74) is 1.46. The molecule has 2 aromatic carbocycles. The highest BCUT2D eigenvalue weighted by Gasteiger charge is 2.01. The lowest BCUT2D eigenvalue weighted by Gasteiger charge is -2.06. The molecule has 4 heteroatoms. The van der Waals surface area contributed by atoms with Crippen molar-refractivity contribution >= 4 is 27.4 Å². The van der Waals surface area contributed by atoms with Gasteiger partial charge in [-0.1, -0.05) is 28.1 Å². The first-order chi connectivity index (χ1) is 9.70. The van der Waals surface area contributed by atoms with Gasteiger partial charge in [-0.2, -0.15) is 0 Å². The van der Waals surface area contributed by atoms with E-state index in [4.69, 9.17) is 4.74 Å². The smallest absolute Gasteiger partial charge is 0.187 e. The van der Waals surface area contributed by atoms with Gasteiger partial charge in [-0.15, -0.1) is 0 Å². The molecular formula is C16H14BrNO2. The van der Waals surface area contributed by atoms with Gasteiger partial charge in [-0.05, 0) is 36.4 Å². The van der Waals surface area contributed by atoms with Gasteiger partial charge in [0.1, 0.15) is 5.75 Å². The van der Waals surface area contributed by atoms with Gasteiger partial charge in [0.15, 0.2) is 5.78 Å². The maximum absolute atomic E-state index is 11.9. The quantitative estimate of drug-likeness (QED) is 0.656. The minimum Gasteiger partial charge on any atom is -0.495 e. The van der Waals surface area contributed by atoms with E-state index in [2.05, 4.69) is 21.2 Å². The Bertz CT molecular complexity index is 621. The molecule has 0 aliphatic heterocycles. The number of allylic oxidation sites excluding steroid dienone is 1. The maximum atomic E-state index is 11.9. The number of hydrogen-bond acceptors (Lipinski definition) is 3. The summed E-state index contributed by atoms with van der Waals surface area (Å²) in [5.74, 6) is 0.674. The summed E-state index contributed by atoms with van der Waals surface area (Å²) in [6.45, 7) is 0. The predicted octanol–water partition coefficient (Wildman–Crippen LogP) is 4.27. The molecule has 2 aromatic rings. The van der Waals surface area contributed by atoms with Gasteiger partial charge in [0.2, 0.25) is 0 Å². The average Bonchev–Trinajstić information content (AvgIpc) is 2.48. The molecule has 2 rings (SSSR count). The average molecular weight is 332 g/mol. The SMILES string of the molecule is COc1ccccc1N/C=C/C(=O)c1ccc(Br)cc1. The summed E-state index contributed by atoms with van der Waals surface area (Å²) in [5, 5.41) is 3.04. The summed E-state index contributed by atoms with van der Waals surface area (Å²) in [7, 11) is 1.61. The van der Waals surface area contributed by atoms with Gasteiger partial charge >= 0.3 is 0 Å². The molecule has 0 spiro atoms. The largest absolute Gasteiger partial charge is 0.495 e. The molecule has 0 aliphatic carbocycles. The lowest BCUT2D eigenvalue weighted by Crippen LogP contribution is -1.97. The molecule has 0 bridgehead atoms. The zero-order chi connectivity index (χ0) is 14.4. The van der Waals surface area contributed by atoms with Crippen molar-refractivity contribution in [1.82, 2.24) is 0 Å². The van der Waals surface area contributed by atoms with E-state index in [1.165, 1.54) is 6.08 Å². The number of ketones is 1. The van der Waals surface area contributed by atoms with E-state index < -0.39 is 0 Å². The van der Waals surface area contributed by atoms with Crippen LogP contribution in [0.1, 0.15) is 10.4 Å². The number of halogens is 1. The van der Waals surface area contributed by atoms with Gasteiger partial charge in [-0.25, -0.2) is 0 Å². The van der Waals surface area contributed by atoms with Gasteiger partial charge in [0.25, 0.3) is 0 Å². The minimum atomic E-state index is -0.0557. The molecule has 0 amide bonds. The van der Waals surface area contributed by atoms with Crippen molar-refractivity contribution in [3.63, 3.8) is 0 Å². The molecule has 0 saturated carbocycles. The third kappa shape index (κ3) is 3.71. The Morgan fingerprint density at radius 2 is 1.85 bits per heavy atom. The standard InChI is InChI=1S/C16H14BrNO2/c1-20-16-5-3-2-4-14(16)18-11-10-15(19)12-6-8-13(17)9-7-12/h2-11,18H,1H3/b11-10+. The first-order valence-electron chi connectivity index (χ1n) is 6.06. The predicted molar refractivity (Wildman–Crippen MR) is 84.2 cm³/mol. The second-order valence-corrected chi connectivity index (χ2v) is 4.96. The highest BCUT2D eigenvalue weighted by molar-refractivity contribution is 9.10. The molecule has 0 aliphatic rings. The first kappa shape index (κ1) is 14.3. The van der Waals surface area contributed by atoms with E-state index in [1.54, 1.807) is 25.4 Å². The number of methoxy groups -OCH3 is 1. The van der Waals surface area contributed by atoms with Crippen molar-refractivity contribution in [3.8, 4) is 5.75 Å². The van der Waals surface area contributed by atoms with Crippen molar-refractivity contribution in [2.75, 3.05) is 12.4 Å². The van der Waals surface area contributed by atoms with E-state index in [0.717, 1.165) is 15.9 Å². The van der Waals surface area contributed by atoms with Crippen LogP contribution in [0.25, 0.3) is 0 Å². The Morgan fingerprint density at radius 1 is 1.15 bits per heavy atom. The van der Waals surface area contributed by atoms with Crippen LogP contribution in [-0.4, -0.2) is 12.9 Å². The van der Waals surface area contributed by atoms with E-state index >= 15 is 0 Å². The highest BCUT2D eigenvalue weighted by atomic mass is 79.9. The number of hydrogen-bond donors (Lipinski definition) is 1. The van der Waals surface area contributed by atoms with Crippen LogP contribution in [-0.2, 0) is 0 Å². The first-order valence-corrected chi connectivity index (χ1v) is 6.86. The fourth-order valence-corrected chi connectivity index (χ4v) is 1.95. The zero-order valence-electron chi connectivity index (χ0n) is 11.0. The fourth-order valence-electron chi connectivity index (χ4n) is 1.68. The van der Waals surface area contributed by atoms with Gasteiger partial charge < -0.3 is 10.1 Å². The van der Waals surface area contributed by atoms with Crippen LogP contribution in [0.5, 0.6) is 5.75 Å². The van der Waals surface area contributed by atoms with Crippen molar-refractivity contribution in [1.29, 1.82) is 0 Å². The molecule has 102 valence electrons. The minimum absolute atomic E-state index is 0.0557. The molecule has 20 heavy (non-hydrogen) atoms. The molecule has 0 aromatic heterocycles. The normalized spacial score (nSPS) is 10.5.